The normalized spacial score (nSPS) is 11.4. The molecule has 2 aromatic rings. The third kappa shape index (κ3) is 4.71. The van der Waals surface area contributed by atoms with Crippen LogP contribution >= 0.6 is 0 Å². The van der Waals surface area contributed by atoms with E-state index < -0.39 is 0 Å². The molecule has 1 aromatic heterocycles. The Hall–Kier alpha value is -2.57. The molecule has 0 radical (unpaired) electrons. The molecule has 0 fully saturated rings. The SMILES string of the molecule is CCc1nncn1CCNC(=NC)NCc1ccc(C)c(OC)c1. The van der Waals surface area contributed by atoms with Crippen molar-refractivity contribution >= 4 is 5.96 Å². The van der Waals surface area contributed by atoms with E-state index in [1.54, 1.807) is 20.5 Å². The lowest BCUT2D eigenvalue weighted by molar-refractivity contribution is 0.411. The highest BCUT2D eigenvalue weighted by molar-refractivity contribution is 5.79. The summed E-state index contributed by atoms with van der Waals surface area (Å²) >= 11 is 0. The molecule has 0 aliphatic heterocycles. The van der Waals surface area contributed by atoms with Gasteiger partial charge in [0, 0.05) is 33.1 Å². The van der Waals surface area contributed by atoms with E-state index in [0.717, 1.165) is 48.2 Å². The van der Waals surface area contributed by atoms with E-state index in [1.807, 2.05) is 17.6 Å². The number of nitrogens with zero attached hydrogens (tertiary/aromatic N) is 4. The lowest BCUT2D eigenvalue weighted by atomic mass is 10.1. The molecule has 0 saturated carbocycles. The molecule has 0 saturated heterocycles. The Bertz CT molecular complexity index is 679. The Morgan fingerprint density at radius 3 is 2.88 bits per heavy atom. The van der Waals surface area contributed by atoms with E-state index in [1.165, 1.54) is 0 Å². The lowest BCUT2D eigenvalue weighted by Gasteiger charge is -2.13. The van der Waals surface area contributed by atoms with Gasteiger partial charge in [-0.05, 0) is 24.1 Å². The van der Waals surface area contributed by atoms with Crippen LogP contribution in [0.3, 0.4) is 0 Å². The van der Waals surface area contributed by atoms with Crippen LogP contribution in [0.15, 0.2) is 29.5 Å². The van der Waals surface area contributed by atoms with Crippen molar-refractivity contribution in [2.75, 3.05) is 20.7 Å². The van der Waals surface area contributed by atoms with Crippen LogP contribution in [0.4, 0.5) is 0 Å². The maximum absolute atomic E-state index is 5.36. The zero-order valence-electron chi connectivity index (χ0n) is 14.8. The fourth-order valence-corrected chi connectivity index (χ4v) is 2.42. The van der Waals surface area contributed by atoms with Crippen molar-refractivity contribution in [2.45, 2.75) is 33.4 Å². The van der Waals surface area contributed by atoms with Crippen LogP contribution in [0.5, 0.6) is 5.75 Å². The van der Waals surface area contributed by atoms with Crippen LogP contribution < -0.4 is 15.4 Å². The van der Waals surface area contributed by atoms with Crippen molar-refractivity contribution in [3.8, 4) is 5.75 Å². The number of methoxy groups -OCH3 is 1. The van der Waals surface area contributed by atoms with Gasteiger partial charge < -0.3 is 19.9 Å². The number of rotatable bonds is 7. The van der Waals surface area contributed by atoms with Gasteiger partial charge in [0.05, 0.1) is 7.11 Å². The van der Waals surface area contributed by atoms with Gasteiger partial charge in [-0.25, -0.2) is 0 Å². The monoisotopic (exact) mass is 330 g/mol. The topological polar surface area (TPSA) is 76.4 Å². The van der Waals surface area contributed by atoms with Crippen molar-refractivity contribution in [2.24, 2.45) is 4.99 Å². The molecule has 1 heterocycles. The molecule has 1 aromatic carbocycles. The minimum atomic E-state index is 0.684. The van der Waals surface area contributed by atoms with E-state index in [-0.39, 0.29) is 0 Å². The van der Waals surface area contributed by atoms with E-state index >= 15 is 0 Å². The Morgan fingerprint density at radius 2 is 2.17 bits per heavy atom. The zero-order valence-corrected chi connectivity index (χ0v) is 14.8. The minimum Gasteiger partial charge on any atom is -0.496 e. The summed E-state index contributed by atoms with van der Waals surface area (Å²) in [5.41, 5.74) is 2.27. The summed E-state index contributed by atoms with van der Waals surface area (Å²) in [7, 11) is 3.46. The molecular weight excluding hydrogens is 304 g/mol. The van der Waals surface area contributed by atoms with E-state index in [4.69, 9.17) is 4.74 Å². The molecule has 2 rings (SSSR count). The number of guanidine groups is 1. The van der Waals surface area contributed by atoms with Gasteiger partial charge in [0.2, 0.25) is 0 Å². The van der Waals surface area contributed by atoms with Gasteiger partial charge in [0.1, 0.15) is 17.9 Å². The summed E-state index contributed by atoms with van der Waals surface area (Å²) < 4.78 is 7.41. The Kier molecular flexibility index (Phi) is 6.60. The fourth-order valence-electron chi connectivity index (χ4n) is 2.42. The number of aromatic nitrogens is 3. The zero-order chi connectivity index (χ0) is 17.4. The molecule has 0 spiro atoms. The van der Waals surface area contributed by atoms with Crippen LogP contribution in [0.1, 0.15) is 23.9 Å². The first-order valence-corrected chi connectivity index (χ1v) is 8.12. The quantitative estimate of drug-likeness (QED) is 0.595. The summed E-state index contributed by atoms with van der Waals surface area (Å²) in [6.45, 7) is 6.34. The molecule has 0 aliphatic carbocycles. The van der Waals surface area contributed by atoms with Crippen LogP contribution in [0.2, 0.25) is 0 Å². The van der Waals surface area contributed by atoms with Crippen molar-refractivity contribution in [3.05, 3.63) is 41.5 Å². The van der Waals surface area contributed by atoms with E-state index in [9.17, 15) is 0 Å². The van der Waals surface area contributed by atoms with E-state index in [2.05, 4.69) is 44.9 Å². The second kappa shape index (κ2) is 8.90. The van der Waals surface area contributed by atoms with Crippen LogP contribution in [0.25, 0.3) is 0 Å². The average molecular weight is 330 g/mol. The molecule has 0 bridgehead atoms. The summed E-state index contributed by atoms with van der Waals surface area (Å²) in [4.78, 5) is 4.25. The minimum absolute atomic E-state index is 0.684. The predicted octanol–water partition coefficient (Wildman–Crippen LogP) is 1.52. The number of ether oxygens (including phenoxy) is 1. The highest BCUT2D eigenvalue weighted by atomic mass is 16.5. The highest BCUT2D eigenvalue weighted by Crippen LogP contribution is 2.18. The van der Waals surface area contributed by atoms with Crippen LogP contribution in [-0.2, 0) is 19.5 Å². The largest absolute Gasteiger partial charge is 0.496 e. The number of hydrogen-bond donors (Lipinski definition) is 2. The molecule has 7 heteroatoms. The summed E-state index contributed by atoms with van der Waals surface area (Å²) in [5, 5.41) is 14.6. The number of hydrogen-bond acceptors (Lipinski definition) is 4. The molecule has 2 N–H and O–H groups in total. The third-order valence-electron chi connectivity index (χ3n) is 3.81. The van der Waals surface area contributed by atoms with Crippen molar-refractivity contribution < 1.29 is 4.74 Å². The molecule has 0 atom stereocenters. The van der Waals surface area contributed by atoms with Crippen molar-refractivity contribution in [1.82, 2.24) is 25.4 Å². The molecule has 0 unspecified atom stereocenters. The van der Waals surface area contributed by atoms with Crippen LogP contribution in [0, 0.1) is 6.92 Å². The number of aryl methyl sites for hydroxylation is 2. The molecule has 7 nitrogen and oxygen atoms in total. The predicted molar refractivity (Wildman–Crippen MR) is 95.3 cm³/mol. The molecule has 24 heavy (non-hydrogen) atoms. The molecule has 130 valence electrons. The van der Waals surface area contributed by atoms with Gasteiger partial charge in [-0.3, -0.25) is 4.99 Å². The van der Waals surface area contributed by atoms with Crippen LogP contribution in [-0.4, -0.2) is 41.4 Å². The van der Waals surface area contributed by atoms with Gasteiger partial charge in [-0.15, -0.1) is 10.2 Å². The average Bonchev–Trinajstić information content (AvgIpc) is 3.06. The maximum atomic E-state index is 5.36. The highest BCUT2D eigenvalue weighted by Gasteiger charge is 2.04. The standard InChI is InChI=1S/C17H26N6O/c1-5-16-22-21-12-23(16)9-8-19-17(18-3)20-11-14-7-6-13(2)15(10-14)24-4/h6-7,10,12H,5,8-9,11H2,1-4H3,(H2,18,19,20). The molecular formula is C17H26N6O. The Labute approximate surface area is 143 Å². The smallest absolute Gasteiger partial charge is 0.191 e. The Balaban J connectivity index is 1.82. The maximum Gasteiger partial charge on any atom is 0.191 e. The van der Waals surface area contributed by atoms with Gasteiger partial charge >= 0.3 is 0 Å². The Morgan fingerprint density at radius 1 is 1.33 bits per heavy atom. The second-order valence-corrected chi connectivity index (χ2v) is 5.45. The van der Waals surface area contributed by atoms with Gasteiger partial charge in [-0.1, -0.05) is 19.1 Å². The van der Waals surface area contributed by atoms with Crippen molar-refractivity contribution in [3.63, 3.8) is 0 Å². The second-order valence-electron chi connectivity index (χ2n) is 5.45. The van der Waals surface area contributed by atoms with Gasteiger partial charge in [0.15, 0.2) is 5.96 Å². The van der Waals surface area contributed by atoms with Gasteiger partial charge in [-0.2, -0.15) is 0 Å². The summed E-state index contributed by atoms with van der Waals surface area (Å²) in [6, 6.07) is 6.19. The first-order valence-electron chi connectivity index (χ1n) is 8.12. The van der Waals surface area contributed by atoms with Crippen molar-refractivity contribution in [1.29, 1.82) is 0 Å². The first kappa shape index (κ1) is 17.8. The lowest BCUT2D eigenvalue weighted by Crippen LogP contribution is -2.38. The summed E-state index contributed by atoms with van der Waals surface area (Å²) in [6.07, 6.45) is 2.64. The molecule has 0 amide bonds. The number of aliphatic imine (C=N–C) groups is 1. The number of benzene rings is 1. The van der Waals surface area contributed by atoms with Gasteiger partial charge in [0.25, 0.3) is 0 Å². The number of nitrogens with one attached hydrogen (secondary N) is 2. The third-order valence-corrected chi connectivity index (χ3v) is 3.81. The van der Waals surface area contributed by atoms with E-state index in [0.29, 0.717) is 6.54 Å². The fraction of sp³-hybridized carbons (Fsp3) is 0.471. The first-order chi connectivity index (χ1) is 11.7. The summed E-state index contributed by atoms with van der Waals surface area (Å²) in [5.74, 6) is 2.66. The molecule has 0 aliphatic rings.